The van der Waals surface area contributed by atoms with Gasteiger partial charge in [-0.2, -0.15) is 0 Å². The molecule has 3 saturated heterocycles. The third-order valence-electron chi connectivity index (χ3n) is 5.78. The maximum Gasteiger partial charge on any atom is 0.143 e. The fraction of sp³-hybridized carbons (Fsp3) is 0.632. The van der Waals surface area contributed by atoms with Crippen LogP contribution in [0, 0.1) is 11.8 Å². The monoisotopic (exact) mass is 299 g/mol. The van der Waals surface area contributed by atoms with E-state index in [2.05, 4.69) is 35.2 Å². The van der Waals surface area contributed by atoms with E-state index in [1.54, 1.807) is 0 Å². The van der Waals surface area contributed by atoms with E-state index in [9.17, 15) is 4.79 Å². The van der Waals surface area contributed by atoms with Crippen molar-refractivity contribution in [2.75, 3.05) is 13.2 Å². The maximum atomic E-state index is 12.6. The van der Waals surface area contributed by atoms with E-state index in [1.807, 2.05) is 0 Å². The van der Waals surface area contributed by atoms with Gasteiger partial charge in [-0.15, -0.1) is 0 Å². The summed E-state index contributed by atoms with van der Waals surface area (Å²) in [6, 6.07) is 12.0. The Morgan fingerprint density at radius 1 is 1.05 bits per heavy atom. The van der Waals surface area contributed by atoms with Gasteiger partial charge in [0.25, 0.3) is 0 Å². The minimum atomic E-state index is 0.200. The van der Waals surface area contributed by atoms with Crippen LogP contribution in [0.1, 0.15) is 37.7 Å². The number of ketones is 1. The average Bonchev–Trinajstić information content (AvgIpc) is 2.46. The maximum absolute atomic E-state index is 12.6. The Kier molecular flexibility index (Phi) is 4.01. The van der Waals surface area contributed by atoms with Crippen LogP contribution in [-0.2, 0) is 16.1 Å². The van der Waals surface area contributed by atoms with E-state index in [0.29, 0.717) is 31.1 Å². The van der Waals surface area contributed by atoms with Gasteiger partial charge in [0.05, 0.1) is 19.1 Å². The SMILES string of the molecule is O=C(C1COC1)C1CC2CCCC(C1)N2Cc1ccccc1. The highest BCUT2D eigenvalue weighted by Gasteiger charge is 2.42. The van der Waals surface area contributed by atoms with Crippen LogP contribution in [0.25, 0.3) is 0 Å². The predicted octanol–water partition coefficient (Wildman–Crippen LogP) is 3.04. The summed E-state index contributed by atoms with van der Waals surface area (Å²) in [4.78, 5) is 15.3. The van der Waals surface area contributed by atoms with Crippen LogP contribution in [0.5, 0.6) is 0 Å². The first kappa shape index (κ1) is 14.4. The summed E-state index contributed by atoms with van der Waals surface area (Å²) in [5.41, 5.74) is 1.40. The molecule has 3 fully saturated rings. The van der Waals surface area contributed by atoms with Gasteiger partial charge in [0.2, 0.25) is 0 Å². The van der Waals surface area contributed by atoms with Crippen LogP contribution in [-0.4, -0.2) is 36.0 Å². The van der Waals surface area contributed by atoms with Gasteiger partial charge in [0.1, 0.15) is 5.78 Å². The van der Waals surface area contributed by atoms with Crippen molar-refractivity contribution >= 4 is 5.78 Å². The summed E-state index contributed by atoms with van der Waals surface area (Å²) in [7, 11) is 0. The van der Waals surface area contributed by atoms with E-state index in [4.69, 9.17) is 4.74 Å². The van der Waals surface area contributed by atoms with Gasteiger partial charge in [-0.1, -0.05) is 36.8 Å². The summed E-state index contributed by atoms with van der Waals surface area (Å²) in [5, 5.41) is 0. The Bertz CT molecular complexity index is 511. The number of carbonyl (C=O) groups excluding carboxylic acids is 1. The van der Waals surface area contributed by atoms with E-state index >= 15 is 0 Å². The first-order chi connectivity index (χ1) is 10.8. The standard InChI is InChI=1S/C19H25NO2/c21-19(16-12-22-13-16)15-9-17-7-4-8-18(10-15)20(17)11-14-5-2-1-3-6-14/h1-3,5-6,15-18H,4,7-13H2. The molecule has 0 spiro atoms. The van der Waals surface area contributed by atoms with Crippen molar-refractivity contribution in [1.29, 1.82) is 0 Å². The van der Waals surface area contributed by atoms with Gasteiger partial charge in [-0.25, -0.2) is 0 Å². The summed E-state index contributed by atoms with van der Waals surface area (Å²) in [6.07, 6.45) is 5.98. The molecule has 3 nitrogen and oxygen atoms in total. The number of carbonyl (C=O) groups is 1. The highest BCUT2D eigenvalue weighted by Crippen LogP contribution is 2.39. The number of rotatable bonds is 4. The van der Waals surface area contributed by atoms with Crippen LogP contribution in [0.15, 0.2) is 30.3 Å². The second-order valence-electron chi connectivity index (χ2n) is 7.20. The lowest BCUT2D eigenvalue weighted by Crippen LogP contribution is -2.54. The predicted molar refractivity (Wildman–Crippen MR) is 85.5 cm³/mol. The van der Waals surface area contributed by atoms with E-state index < -0.39 is 0 Å². The first-order valence-corrected chi connectivity index (χ1v) is 8.72. The highest BCUT2D eigenvalue weighted by molar-refractivity contribution is 5.84. The summed E-state index contributed by atoms with van der Waals surface area (Å²) >= 11 is 0. The van der Waals surface area contributed by atoms with Crippen LogP contribution in [0.4, 0.5) is 0 Å². The van der Waals surface area contributed by atoms with Crippen molar-refractivity contribution in [3.63, 3.8) is 0 Å². The molecule has 3 heterocycles. The third kappa shape index (κ3) is 2.72. The number of piperidine rings is 2. The summed E-state index contributed by atoms with van der Waals surface area (Å²) in [6.45, 7) is 2.38. The fourth-order valence-corrected chi connectivity index (χ4v) is 4.50. The molecular weight excluding hydrogens is 274 g/mol. The Balaban J connectivity index is 1.46. The molecule has 3 heteroatoms. The van der Waals surface area contributed by atoms with Crippen LogP contribution in [0.3, 0.4) is 0 Å². The molecule has 22 heavy (non-hydrogen) atoms. The lowest BCUT2D eigenvalue weighted by Gasteiger charge is -2.49. The number of Topliss-reactive ketones (excluding diaryl/α,β-unsaturated/α-hetero) is 1. The van der Waals surface area contributed by atoms with E-state index in [1.165, 1.54) is 24.8 Å². The van der Waals surface area contributed by atoms with E-state index in [0.717, 1.165) is 19.4 Å². The molecule has 4 rings (SSSR count). The highest BCUT2D eigenvalue weighted by atomic mass is 16.5. The van der Waals surface area contributed by atoms with Gasteiger partial charge >= 0.3 is 0 Å². The lowest BCUT2D eigenvalue weighted by molar-refractivity contribution is -0.145. The molecule has 0 aliphatic carbocycles. The molecule has 3 aliphatic rings. The van der Waals surface area contributed by atoms with Crippen molar-refractivity contribution < 1.29 is 9.53 Å². The van der Waals surface area contributed by atoms with Crippen LogP contribution < -0.4 is 0 Å². The van der Waals surface area contributed by atoms with Gasteiger partial charge in [-0.05, 0) is 31.2 Å². The van der Waals surface area contributed by atoms with E-state index in [-0.39, 0.29) is 11.8 Å². The largest absolute Gasteiger partial charge is 0.380 e. The zero-order valence-corrected chi connectivity index (χ0v) is 13.1. The molecule has 2 bridgehead atoms. The molecule has 0 aromatic heterocycles. The number of nitrogens with zero attached hydrogens (tertiary/aromatic N) is 1. The Labute approximate surface area is 132 Å². The first-order valence-electron chi connectivity index (χ1n) is 8.72. The van der Waals surface area contributed by atoms with Crippen molar-refractivity contribution in [1.82, 2.24) is 4.90 Å². The normalized spacial score (nSPS) is 32.5. The molecule has 1 aromatic carbocycles. The molecule has 118 valence electrons. The molecule has 2 unspecified atom stereocenters. The molecular formula is C19H25NO2. The number of hydrogen-bond acceptors (Lipinski definition) is 3. The van der Waals surface area contributed by atoms with Gasteiger partial charge in [0.15, 0.2) is 0 Å². The quantitative estimate of drug-likeness (QED) is 0.856. The molecule has 0 saturated carbocycles. The van der Waals surface area contributed by atoms with Crippen molar-refractivity contribution in [2.24, 2.45) is 11.8 Å². The second-order valence-corrected chi connectivity index (χ2v) is 7.20. The van der Waals surface area contributed by atoms with Crippen molar-refractivity contribution in [3.05, 3.63) is 35.9 Å². The minimum Gasteiger partial charge on any atom is -0.380 e. The van der Waals surface area contributed by atoms with Crippen molar-refractivity contribution in [2.45, 2.75) is 50.7 Å². The van der Waals surface area contributed by atoms with Crippen LogP contribution in [0.2, 0.25) is 0 Å². The Morgan fingerprint density at radius 2 is 1.73 bits per heavy atom. The summed E-state index contributed by atoms with van der Waals surface area (Å²) < 4.78 is 5.21. The fourth-order valence-electron chi connectivity index (χ4n) is 4.50. The number of fused-ring (bicyclic) bond motifs is 2. The van der Waals surface area contributed by atoms with Crippen molar-refractivity contribution in [3.8, 4) is 0 Å². The smallest absolute Gasteiger partial charge is 0.143 e. The Morgan fingerprint density at radius 3 is 2.32 bits per heavy atom. The zero-order valence-electron chi connectivity index (χ0n) is 13.1. The summed E-state index contributed by atoms with van der Waals surface area (Å²) in [5.74, 6) is 0.977. The Hall–Kier alpha value is -1.19. The van der Waals surface area contributed by atoms with Gasteiger partial charge < -0.3 is 4.74 Å². The molecule has 0 N–H and O–H groups in total. The molecule has 2 atom stereocenters. The number of hydrogen-bond donors (Lipinski definition) is 0. The molecule has 3 aliphatic heterocycles. The van der Waals surface area contributed by atoms with Gasteiger partial charge in [0, 0.05) is 24.5 Å². The molecule has 1 aromatic rings. The number of ether oxygens (including phenoxy) is 1. The minimum absolute atomic E-state index is 0.200. The number of benzene rings is 1. The molecule has 0 radical (unpaired) electrons. The zero-order chi connectivity index (χ0) is 14.9. The lowest BCUT2D eigenvalue weighted by atomic mass is 9.74. The third-order valence-corrected chi connectivity index (χ3v) is 5.78. The average molecular weight is 299 g/mol. The topological polar surface area (TPSA) is 29.5 Å². The van der Waals surface area contributed by atoms with Gasteiger partial charge in [-0.3, -0.25) is 9.69 Å². The molecule has 0 amide bonds. The van der Waals surface area contributed by atoms with Crippen LogP contribution >= 0.6 is 0 Å². The second kappa shape index (κ2) is 6.13.